The van der Waals surface area contributed by atoms with E-state index < -0.39 is 5.60 Å². The van der Waals surface area contributed by atoms with Crippen LogP contribution in [0.1, 0.15) is 33.6 Å². The van der Waals surface area contributed by atoms with Crippen molar-refractivity contribution in [3.05, 3.63) is 59.6 Å². The second-order valence-electron chi connectivity index (χ2n) is 6.21. The van der Waals surface area contributed by atoms with Crippen molar-refractivity contribution in [3.8, 4) is 5.75 Å². The fourth-order valence-electron chi connectivity index (χ4n) is 2.44. The molecule has 0 aliphatic rings. The van der Waals surface area contributed by atoms with E-state index in [-0.39, 0.29) is 5.91 Å². The van der Waals surface area contributed by atoms with Crippen LogP contribution in [-0.4, -0.2) is 18.1 Å². The van der Waals surface area contributed by atoms with E-state index in [1.165, 1.54) is 0 Å². The van der Waals surface area contributed by atoms with Crippen molar-refractivity contribution in [3.63, 3.8) is 0 Å². The molecule has 0 saturated heterocycles. The molecule has 2 rings (SSSR count). The first kappa shape index (κ1) is 18.3. The molecule has 0 saturated carbocycles. The van der Waals surface area contributed by atoms with Crippen molar-refractivity contribution in [2.75, 3.05) is 11.4 Å². The van der Waals surface area contributed by atoms with Gasteiger partial charge in [-0.3, -0.25) is 4.79 Å². The van der Waals surface area contributed by atoms with E-state index in [9.17, 15) is 4.79 Å². The Kier molecular flexibility index (Phi) is 6.27. The molecule has 2 aromatic carbocycles. The fourth-order valence-corrected chi connectivity index (χ4v) is 2.56. The maximum absolute atomic E-state index is 13.1. The number of unbranched alkanes of at least 4 members (excludes halogenated alkanes) is 1. The quantitative estimate of drug-likeness (QED) is 0.678. The van der Waals surface area contributed by atoms with Crippen molar-refractivity contribution < 1.29 is 9.53 Å². The van der Waals surface area contributed by atoms with Crippen molar-refractivity contribution in [2.45, 2.75) is 39.2 Å². The molecule has 0 aliphatic carbocycles. The highest BCUT2D eigenvalue weighted by Gasteiger charge is 2.34. The summed E-state index contributed by atoms with van der Waals surface area (Å²) in [6.07, 6.45) is 1.97. The number of nitrogens with zero attached hydrogens (tertiary/aromatic N) is 1. The SMILES string of the molecule is CCCCN(C(=O)C(C)(C)Oc1ccc(Cl)cc1)c1ccccc1. The van der Waals surface area contributed by atoms with Gasteiger partial charge >= 0.3 is 0 Å². The first-order valence-electron chi connectivity index (χ1n) is 8.25. The summed E-state index contributed by atoms with van der Waals surface area (Å²) in [5, 5.41) is 0.639. The first-order valence-corrected chi connectivity index (χ1v) is 8.63. The van der Waals surface area contributed by atoms with Crippen LogP contribution in [0.2, 0.25) is 5.02 Å². The highest BCUT2D eigenvalue weighted by atomic mass is 35.5. The molecule has 128 valence electrons. The topological polar surface area (TPSA) is 29.5 Å². The van der Waals surface area contributed by atoms with Gasteiger partial charge in [0.2, 0.25) is 0 Å². The van der Waals surface area contributed by atoms with E-state index in [2.05, 4.69) is 6.92 Å². The van der Waals surface area contributed by atoms with E-state index in [4.69, 9.17) is 16.3 Å². The number of carbonyl (C=O) groups is 1. The van der Waals surface area contributed by atoms with Crippen LogP contribution in [0.15, 0.2) is 54.6 Å². The summed E-state index contributed by atoms with van der Waals surface area (Å²) in [6, 6.07) is 16.8. The predicted molar refractivity (Wildman–Crippen MR) is 99.9 cm³/mol. The summed E-state index contributed by atoms with van der Waals surface area (Å²) >= 11 is 5.90. The van der Waals surface area contributed by atoms with Gasteiger partial charge in [0.1, 0.15) is 5.75 Å². The zero-order chi connectivity index (χ0) is 17.6. The van der Waals surface area contributed by atoms with Gasteiger partial charge in [-0.05, 0) is 56.7 Å². The number of rotatable bonds is 7. The molecule has 0 bridgehead atoms. The number of carbonyl (C=O) groups excluding carboxylic acids is 1. The molecule has 3 nitrogen and oxygen atoms in total. The third kappa shape index (κ3) is 4.75. The number of benzene rings is 2. The minimum atomic E-state index is -0.975. The van der Waals surface area contributed by atoms with Gasteiger partial charge in [-0.15, -0.1) is 0 Å². The number of halogens is 1. The molecule has 4 heteroatoms. The highest BCUT2D eigenvalue weighted by Crippen LogP contribution is 2.25. The van der Waals surface area contributed by atoms with Gasteiger partial charge in [-0.1, -0.05) is 43.1 Å². The average Bonchev–Trinajstić information content (AvgIpc) is 2.58. The van der Waals surface area contributed by atoms with Gasteiger partial charge in [0.05, 0.1) is 0 Å². The van der Waals surface area contributed by atoms with Crippen molar-refractivity contribution in [2.24, 2.45) is 0 Å². The second-order valence-corrected chi connectivity index (χ2v) is 6.65. The summed E-state index contributed by atoms with van der Waals surface area (Å²) in [4.78, 5) is 14.9. The maximum Gasteiger partial charge on any atom is 0.270 e. The van der Waals surface area contributed by atoms with Crippen LogP contribution in [-0.2, 0) is 4.79 Å². The minimum absolute atomic E-state index is 0.0582. The van der Waals surface area contributed by atoms with Crippen molar-refractivity contribution in [1.29, 1.82) is 0 Å². The Morgan fingerprint density at radius 2 is 1.71 bits per heavy atom. The summed E-state index contributed by atoms with van der Waals surface area (Å²) in [7, 11) is 0. The lowest BCUT2D eigenvalue weighted by Crippen LogP contribution is -2.49. The van der Waals surface area contributed by atoms with Crippen LogP contribution >= 0.6 is 11.6 Å². The smallest absolute Gasteiger partial charge is 0.270 e. The van der Waals surface area contributed by atoms with Crippen LogP contribution in [0.25, 0.3) is 0 Å². The number of hydrogen-bond donors (Lipinski definition) is 0. The van der Waals surface area contributed by atoms with E-state index >= 15 is 0 Å². The molecule has 0 heterocycles. The molecule has 0 fully saturated rings. The van der Waals surface area contributed by atoms with Crippen molar-refractivity contribution in [1.82, 2.24) is 0 Å². The Morgan fingerprint density at radius 3 is 2.29 bits per heavy atom. The van der Waals surface area contributed by atoms with Crippen LogP contribution < -0.4 is 9.64 Å². The van der Waals surface area contributed by atoms with Crippen LogP contribution in [0, 0.1) is 0 Å². The molecule has 0 aliphatic heterocycles. The average molecular weight is 346 g/mol. The lowest BCUT2D eigenvalue weighted by molar-refractivity contribution is -0.131. The summed E-state index contributed by atoms with van der Waals surface area (Å²) in [5.41, 5.74) is -0.0824. The number of anilines is 1. The van der Waals surface area contributed by atoms with E-state index in [1.54, 1.807) is 43.0 Å². The number of ether oxygens (including phenoxy) is 1. The van der Waals surface area contributed by atoms with Gasteiger partial charge in [0.15, 0.2) is 5.60 Å². The highest BCUT2D eigenvalue weighted by molar-refractivity contribution is 6.30. The molecule has 0 atom stereocenters. The lowest BCUT2D eigenvalue weighted by atomic mass is 10.1. The van der Waals surface area contributed by atoms with Gasteiger partial charge < -0.3 is 9.64 Å². The molecule has 2 aromatic rings. The van der Waals surface area contributed by atoms with Gasteiger partial charge in [0, 0.05) is 17.3 Å². The molecule has 0 unspecified atom stereocenters. The van der Waals surface area contributed by atoms with E-state index in [1.807, 2.05) is 30.3 Å². The molecular formula is C20H24ClNO2. The summed E-state index contributed by atoms with van der Waals surface area (Å²) in [6.45, 7) is 6.38. The molecule has 0 aromatic heterocycles. The van der Waals surface area contributed by atoms with Crippen molar-refractivity contribution >= 4 is 23.2 Å². The number of para-hydroxylation sites is 1. The Labute approximate surface area is 149 Å². The zero-order valence-electron chi connectivity index (χ0n) is 14.5. The van der Waals surface area contributed by atoms with Crippen LogP contribution in [0.5, 0.6) is 5.75 Å². The molecular weight excluding hydrogens is 322 g/mol. The first-order chi connectivity index (χ1) is 11.4. The molecule has 1 amide bonds. The monoisotopic (exact) mass is 345 g/mol. The molecule has 24 heavy (non-hydrogen) atoms. The second kappa shape index (κ2) is 8.20. The van der Waals surface area contributed by atoms with Gasteiger partial charge in [-0.2, -0.15) is 0 Å². The Balaban J connectivity index is 2.21. The summed E-state index contributed by atoms with van der Waals surface area (Å²) < 4.78 is 5.95. The minimum Gasteiger partial charge on any atom is -0.478 e. The molecule has 0 spiro atoms. The third-order valence-electron chi connectivity index (χ3n) is 3.75. The van der Waals surface area contributed by atoms with Crippen LogP contribution in [0.4, 0.5) is 5.69 Å². The normalized spacial score (nSPS) is 11.2. The number of hydrogen-bond acceptors (Lipinski definition) is 2. The number of amides is 1. The zero-order valence-corrected chi connectivity index (χ0v) is 15.2. The Morgan fingerprint density at radius 1 is 1.08 bits per heavy atom. The Hall–Kier alpha value is -2.00. The molecule has 0 radical (unpaired) electrons. The maximum atomic E-state index is 13.1. The summed E-state index contributed by atoms with van der Waals surface area (Å²) in [5.74, 6) is 0.568. The largest absolute Gasteiger partial charge is 0.478 e. The standard InChI is InChI=1S/C20H24ClNO2/c1-4-5-15-22(17-9-7-6-8-10-17)19(23)20(2,3)24-18-13-11-16(21)12-14-18/h6-14H,4-5,15H2,1-3H3. The molecule has 0 N–H and O–H groups in total. The fraction of sp³-hybridized carbons (Fsp3) is 0.350. The van der Waals surface area contributed by atoms with Gasteiger partial charge in [-0.25, -0.2) is 0 Å². The predicted octanol–water partition coefficient (Wildman–Crippen LogP) is 5.33. The Bertz CT molecular complexity index is 653. The van der Waals surface area contributed by atoms with E-state index in [0.717, 1.165) is 18.5 Å². The third-order valence-corrected chi connectivity index (χ3v) is 4.00. The van der Waals surface area contributed by atoms with E-state index in [0.29, 0.717) is 17.3 Å². The van der Waals surface area contributed by atoms with Crippen LogP contribution in [0.3, 0.4) is 0 Å². The van der Waals surface area contributed by atoms with Gasteiger partial charge in [0.25, 0.3) is 5.91 Å². The lowest BCUT2D eigenvalue weighted by Gasteiger charge is -2.32.